The van der Waals surface area contributed by atoms with Crippen molar-refractivity contribution in [2.75, 3.05) is 13.1 Å². The minimum atomic E-state index is -1.92. The summed E-state index contributed by atoms with van der Waals surface area (Å²) in [5.41, 5.74) is -1.62. The number of barbiturate groups is 1. The molecule has 4 amide bonds. The van der Waals surface area contributed by atoms with Gasteiger partial charge in [-0.25, -0.2) is 10.0 Å². The molecule has 2 aliphatic rings. The first kappa shape index (κ1) is 15.9. The number of hydrogen-bond acceptors (Lipinski definition) is 4. The third kappa shape index (κ3) is 2.32. The molecule has 0 radical (unpaired) electrons. The van der Waals surface area contributed by atoms with Crippen LogP contribution >= 0.6 is 11.6 Å². The summed E-state index contributed by atoms with van der Waals surface area (Å²) >= 11 is 5.89. The highest BCUT2D eigenvalue weighted by atomic mass is 35.5. The zero-order valence-electron chi connectivity index (χ0n) is 12.3. The Morgan fingerprint density at radius 1 is 0.957 bits per heavy atom. The van der Waals surface area contributed by atoms with Gasteiger partial charge in [0.25, 0.3) is 0 Å². The minimum absolute atomic E-state index is 0.248. The summed E-state index contributed by atoms with van der Waals surface area (Å²) in [5, 5.41) is 15.8. The number of carbonyl (C=O) groups is 3. The van der Waals surface area contributed by atoms with Crippen molar-refractivity contribution in [2.24, 2.45) is 0 Å². The van der Waals surface area contributed by atoms with Gasteiger partial charge in [-0.05, 0) is 31.4 Å². The Morgan fingerprint density at radius 2 is 1.48 bits per heavy atom. The number of halogens is 1. The molecule has 23 heavy (non-hydrogen) atoms. The number of nitrogens with zero attached hydrogens (tertiary/aromatic N) is 1. The second kappa shape index (κ2) is 5.59. The predicted molar refractivity (Wildman–Crippen MR) is 80.4 cm³/mol. The molecule has 3 N–H and O–H groups in total. The largest absolute Gasteiger partial charge is 0.328 e. The van der Waals surface area contributed by atoms with Crippen LogP contribution in [-0.4, -0.2) is 40.8 Å². The maximum Gasteiger partial charge on any atom is 0.328 e. The second-order valence-corrected chi connectivity index (χ2v) is 6.32. The molecule has 0 unspecified atom stereocenters. The maximum absolute atomic E-state index is 12.7. The van der Waals surface area contributed by atoms with Gasteiger partial charge in [0.2, 0.25) is 0 Å². The molecule has 0 spiro atoms. The number of amides is 4. The van der Waals surface area contributed by atoms with Gasteiger partial charge in [-0.3, -0.25) is 20.2 Å². The molecule has 0 atom stereocenters. The van der Waals surface area contributed by atoms with Crippen molar-refractivity contribution < 1.29 is 24.2 Å². The highest BCUT2D eigenvalue weighted by molar-refractivity contribution is 6.30. The molecule has 2 heterocycles. The first-order valence-electron chi connectivity index (χ1n) is 7.43. The molecule has 3 rings (SSSR count). The number of urea groups is 1. The summed E-state index contributed by atoms with van der Waals surface area (Å²) in [6.07, 6.45) is 2.28. The summed E-state index contributed by atoms with van der Waals surface area (Å²) in [4.78, 5) is 36.9. The maximum atomic E-state index is 12.7. The fourth-order valence-electron chi connectivity index (χ4n) is 3.46. The van der Waals surface area contributed by atoms with Gasteiger partial charge in [0.15, 0.2) is 0 Å². The van der Waals surface area contributed by atoms with Crippen molar-refractivity contribution in [1.82, 2.24) is 10.6 Å². The fraction of sp³-hybridized carbons (Fsp3) is 0.400. The lowest BCUT2D eigenvalue weighted by molar-refractivity contribution is -1.13. The number of hydroxylamine groups is 3. The molecular weight excluding hydrogens is 322 g/mol. The zero-order chi connectivity index (χ0) is 16.7. The number of quaternary nitrogens is 1. The van der Waals surface area contributed by atoms with Crippen LogP contribution in [-0.2, 0) is 15.1 Å². The van der Waals surface area contributed by atoms with Gasteiger partial charge in [0.1, 0.15) is 13.1 Å². The number of nitrogens with one attached hydrogen (secondary N) is 2. The highest BCUT2D eigenvalue weighted by Crippen LogP contribution is 2.39. The van der Waals surface area contributed by atoms with E-state index in [0.717, 1.165) is 6.42 Å². The van der Waals surface area contributed by atoms with Crippen LogP contribution in [0.25, 0.3) is 0 Å². The van der Waals surface area contributed by atoms with E-state index in [1.807, 2.05) is 0 Å². The van der Waals surface area contributed by atoms with Gasteiger partial charge in [-0.1, -0.05) is 23.7 Å². The Kier molecular flexibility index (Phi) is 3.87. The molecule has 122 valence electrons. The molecule has 2 saturated heterocycles. The third-order valence-electron chi connectivity index (χ3n) is 4.55. The number of rotatable bonds is 2. The Balaban J connectivity index is 2.20. The van der Waals surface area contributed by atoms with Gasteiger partial charge in [0, 0.05) is 10.6 Å². The van der Waals surface area contributed by atoms with E-state index in [0.29, 0.717) is 23.4 Å². The topological polar surface area (TPSA) is 95.5 Å². The normalized spacial score (nSPS) is 23.1. The number of likely N-dealkylation sites (tertiary alicyclic amines) is 1. The first-order valence-corrected chi connectivity index (χ1v) is 7.81. The van der Waals surface area contributed by atoms with E-state index in [-0.39, 0.29) is 13.1 Å². The molecule has 0 bridgehead atoms. The smallest absolute Gasteiger partial charge is 0.271 e. The summed E-state index contributed by atoms with van der Waals surface area (Å²) < 4.78 is -0.750. The van der Waals surface area contributed by atoms with E-state index in [2.05, 4.69) is 10.6 Å². The average molecular weight is 339 g/mol. The number of benzene rings is 1. The number of carbonyl (C=O) groups excluding carboxylic acids is 3. The Bertz CT molecular complexity index is 648. The van der Waals surface area contributed by atoms with Crippen LogP contribution in [0.1, 0.15) is 24.8 Å². The van der Waals surface area contributed by atoms with Crippen molar-refractivity contribution in [2.45, 2.75) is 24.8 Å². The van der Waals surface area contributed by atoms with Crippen molar-refractivity contribution in [3.8, 4) is 0 Å². The number of hydrogen-bond donors (Lipinski definition) is 3. The van der Waals surface area contributed by atoms with E-state index in [1.54, 1.807) is 12.1 Å². The first-order chi connectivity index (χ1) is 10.9. The van der Waals surface area contributed by atoms with Crippen LogP contribution in [0.4, 0.5) is 4.79 Å². The van der Waals surface area contributed by atoms with Crippen LogP contribution in [0.15, 0.2) is 24.3 Å². The van der Waals surface area contributed by atoms with E-state index >= 15 is 0 Å². The van der Waals surface area contributed by atoms with Crippen LogP contribution in [0, 0.1) is 0 Å². The van der Waals surface area contributed by atoms with Gasteiger partial charge < -0.3 is 0 Å². The molecule has 7 nitrogen and oxygen atoms in total. The average Bonchev–Trinajstić information content (AvgIpc) is 2.49. The van der Waals surface area contributed by atoms with Gasteiger partial charge >= 0.3 is 23.4 Å². The SMILES string of the molecule is O=C1NC(=O)C(c2ccc(Cl)cc2)([N+]2(O)CCCCC2)C(=O)N1. The third-order valence-corrected chi connectivity index (χ3v) is 4.81. The lowest BCUT2D eigenvalue weighted by Gasteiger charge is -2.47. The summed E-state index contributed by atoms with van der Waals surface area (Å²) in [5.74, 6) is -1.64. The van der Waals surface area contributed by atoms with Gasteiger partial charge in [-0.15, -0.1) is 0 Å². The number of imide groups is 2. The lowest BCUT2D eigenvalue weighted by atomic mass is 9.82. The fourth-order valence-corrected chi connectivity index (χ4v) is 3.59. The van der Waals surface area contributed by atoms with Crippen LogP contribution in [0.3, 0.4) is 0 Å². The zero-order valence-corrected chi connectivity index (χ0v) is 13.1. The molecule has 0 aliphatic carbocycles. The molecule has 0 aromatic heterocycles. The molecule has 1 aromatic rings. The second-order valence-electron chi connectivity index (χ2n) is 5.89. The van der Waals surface area contributed by atoms with Gasteiger partial charge in [-0.2, -0.15) is 4.65 Å². The summed E-state index contributed by atoms with van der Waals surface area (Å²) in [6.45, 7) is 0.495. The molecule has 2 aliphatic heterocycles. The van der Waals surface area contributed by atoms with Crippen molar-refractivity contribution >= 4 is 29.4 Å². The lowest BCUT2D eigenvalue weighted by Crippen LogP contribution is -2.77. The van der Waals surface area contributed by atoms with E-state index < -0.39 is 28.0 Å². The Hall–Kier alpha value is -1.96. The minimum Gasteiger partial charge on any atom is -0.271 e. The molecule has 2 fully saturated rings. The summed E-state index contributed by atoms with van der Waals surface area (Å²) in [6, 6.07) is 5.27. The van der Waals surface area contributed by atoms with Crippen LogP contribution in [0.5, 0.6) is 0 Å². The van der Waals surface area contributed by atoms with Crippen LogP contribution in [0.2, 0.25) is 5.02 Å². The predicted octanol–water partition coefficient (Wildman–Crippen LogP) is 1.29. The Morgan fingerprint density at radius 3 is 2.00 bits per heavy atom. The monoisotopic (exact) mass is 338 g/mol. The van der Waals surface area contributed by atoms with E-state index in [9.17, 15) is 19.6 Å². The van der Waals surface area contributed by atoms with E-state index in [1.165, 1.54) is 12.1 Å². The molecular formula is C15H17ClN3O4+. The standard InChI is InChI=1S/C15H16ClN3O4/c16-11-6-4-10(5-7-11)15(19(23)8-2-1-3-9-19)12(20)17-14(22)18-13(15)21/h4-7,23H,1-3,8-9H2,(H-,17,18,20,21,22)/p+1. The van der Waals surface area contributed by atoms with Crippen molar-refractivity contribution in [3.63, 3.8) is 0 Å². The summed E-state index contributed by atoms with van der Waals surface area (Å²) in [7, 11) is 0. The highest BCUT2D eigenvalue weighted by Gasteiger charge is 2.67. The van der Waals surface area contributed by atoms with Gasteiger partial charge in [0.05, 0.1) is 0 Å². The molecule has 1 aromatic carbocycles. The van der Waals surface area contributed by atoms with Crippen molar-refractivity contribution in [1.29, 1.82) is 0 Å². The quantitative estimate of drug-likeness (QED) is 0.559. The van der Waals surface area contributed by atoms with E-state index in [4.69, 9.17) is 11.6 Å². The molecule has 0 saturated carbocycles. The van der Waals surface area contributed by atoms with Crippen molar-refractivity contribution in [3.05, 3.63) is 34.9 Å². The molecule has 8 heteroatoms. The Labute approximate surface area is 137 Å². The van der Waals surface area contributed by atoms with Crippen LogP contribution < -0.4 is 10.6 Å². The number of piperidine rings is 1.